The molecule has 1 heterocycles. The van der Waals surface area contributed by atoms with Crippen LogP contribution >= 0.6 is 11.6 Å². The number of ether oxygens (including phenoxy) is 2. The highest BCUT2D eigenvalue weighted by atomic mass is 35.5. The number of rotatable bonds is 9. The standard InChI is InChI=1S/C37H44ClN3O7/c1-35(2,3)47-32(43)24-14-17-28(18-15-24)37(46,27-11-8-7-9-12-27)33(44)41-20-10-13-30(41)31(42)39-23-26-21-29(38)19-16-25(26)22-40-34(45)48-36(4,5)6/h7-9,11-12,14-19,21,30,46H,10,13,20,22-23H2,1-6H3,(H,39,42)(H,40,45)/t30-,37?/m0/s1. The lowest BCUT2D eigenvalue weighted by Gasteiger charge is -2.35. The van der Waals surface area contributed by atoms with Gasteiger partial charge in [0.2, 0.25) is 5.91 Å². The first-order valence-electron chi connectivity index (χ1n) is 15.9. The van der Waals surface area contributed by atoms with E-state index < -0.39 is 40.8 Å². The van der Waals surface area contributed by atoms with Crippen molar-refractivity contribution in [2.24, 2.45) is 0 Å². The highest BCUT2D eigenvalue weighted by Crippen LogP contribution is 2.35. The van der Waals surface area contributed by atoms with Gasteiger partial charge in [-0.2, -0.15) is 0 Å². The number of nitrogens with one attached hydrogen (secondary N) is 2. The summed E-state index contributed by atoms with van der Waals surface area (Å²) in [7, 11) is 0. The summed E-state index contributed by atoms with van der Waals surface area (Å²) in [5.74, 6) is -1.56. The van der Waals surface area contributed by atoms with Gasteiger partial charge in [0.1, 0.15) is 17.2 Å². The van der Waals surface area contributed by atoms with Crippen LogP contribution in [-0.4, -0.2) is 57.7 Å². The highest BCUT2D eigenvalue weighted by molar-refractivity contribution is 6.30. The normalized spacial score (nSPS) is 16.1. The number of alkyl carbamates (subject to hydrolysis) is 1. The molecular formula is C37H44ClN3O7. The minimum Gasteiger partial charge on any atom is -0.456 e. The minimum absolute atomic E-state index is 0.0956. The third kappa shape index (κ3) is 9.14. The fourth-order valence-corrected chi connectivity index (χ4v) is 5.68. The lowest BCUT2D eigenvalue weighted by atomic mass is 9.84. The second-order valence-corrected chi connectivity index (χ2v) is 14.2. The predicted octanol–water partition coefficient (Wildman–Crippen LogP) is 5.86. The SMILES string of the molecule is CC(C)(C)OC(=O)NCc1ccc(Cl)cc1CNC(=O)[C@@H]1CCCN1C(=O)C(O)(c1ccccc1)c1ccc(C(=O)OC(C)(C)C)cc1. The van der Waals surface area contributed by atoms with Gasteiger partial charge in [0, 0.05) is 24.7 Å². The number of hydrogen-bond donors (Lipinski definition) is 3. The molecular weight excluding hydrogens is 634 g/mol. The number of likely N-dealkylation sites (tertiary alicyclic amines) is 1. The van der Waals surface area contributed by atoms with Gasteiger partial charge in [0.15, 0.2) is 5.60 Å². The Morgan fingerprint density at radius 2 is 1.42 bits per heavy atom. The van der Waals surface area contributed by atoms with Crippen molar-refractivity contribution in [2.75, 3.05) is 6.54 Å². The molecule has 3 N–H and O–H groups in total. The topological polar surface area (TPSA) is 134 Å². The van der Waals surface area contributed by atoms with Gasteiger partial charge in [0.05, 0.1) is 5.56 Å². The Kier molecular flexibility index (Phi) is 11.2. The lowest BCUT2D eigenvalue weighted by Crippen LogP contribution is -2.53. The maximum Gasteiger partial charge on any atom is 0.407 e. The average Bonchev–Trinajstić information content (AvgIpc) is 3.51. The van der Waals surface area contributed by atoms with Gasteiger partial charge in [-0.15, -0.1) is 0 Å². The van der Waals surface area contributed by atoms with E-state index in [0.717, 1.165) is 5.56 Å². The molecule has 0 aromatic heterocycles. The molecule has 256 valence electrons. The molecule has 11 heteroatoms. The number of carbonyl (C=O) groups excluding carboxylic acids is 4. The van der Waals surface area contributed by atoms with Crippen molar-refractivity contribution in [1.29, 1.82) is 0 Å². The molecule has 1 saturated heterocycles. The summed E-state index contributed by atoms with van der Waals surface area (Å²) in [5, 5.41) is 18.4. The summed E-state index contributed by atoms with van der Waals surface area (Å²) in [4.78, 5) is 54.2. The molecule has 0 aliphatic carbocycles. The van der Waals surface area contributed by atoms with Crippen LogP contribution in [-0.2, 0) is 37.8 Å². The number of amides is 3. The van der Waals surface area contributed by atoms with E-state index in [2.05, 4.69) is 10.6 Å². The smallest absolute Gasteiger partial charge is 0.407 e. The summed E-state index contributed by atoms with van der Waals surface area (Å²) in [6.07, 6.45) is 0.398. The van der Waals surface area contributed by atoms with Crippen LogP contribution in [0.5, 0.6) is 0 Å². The zero-order chi connectivity index (χ0) is 35.3. The fourth-order valence-electron chi connectivity index (χ4n) is 5.48. The Morgan fingerprint density at radius 1 is 0.812 bits per heavy atom. The first-order chi connectivity index (χ1) is 22.5. The van der Waals surface area contributed by atoms with E-state index >= 15 is 0 Å². The van der Waals surface area contributed by atoms with E-state index in [0.29, 0.717) is 29.0 Å². The summed E-state index contributed by atoms with van der Waals surface area (Å²) < 4.78 is 10.8. The van der Waals surface area contributed by atoms with Crippen molar-refractivity contribution < 1.29 is 33.8 Å². The number of carbonyl (C=O) groups is 4. The molecule has 2 atom stereocenters. The van der Waals surface area contributed by atoms with Crippen LogP contribution in [0.4, 0.5) is 4.79 Å². The summed E-state index contributed by atoms with van der Waals surface area (Å²) >= 11 is 6.26. The van der Waals surface area contributed by atoms with E-state index in [1.54, 1.807) is 90.1 Å². The third-order valence-electron chi connectivity index (χ3n) is 7.70. The molecule has 1 fully saturated rings. The van der Waals surface area contributed by atoms with Crippen LogP contribution in [0, 0.1) is 0 Å². The van der Waals surface area contributed by atoms with Crippen molar-refractivity contribution in [2.45, 2.75) is 90.3 Å². The van der Waals surface area contributed by atoms with Gasteiger partial charge < -0.3 is 30.1 Å². The fraction of sp³-hybridized carbons (Fsp3) is 0.405. The van der Waals surface area contributed by atoms with E-state index in [1.165, 1.54) is 29.2 Å². The molecule has 1 aliphatic heterocycles. The van der Waals surface area contributed by atoms with Crippen LogP contribution in [0.3, 0.4) is 0 Å². The molecule has 3 amide bonds. The molecule has 0 spiro atoms. The number of aliphatic hydroxyl groups is 1. The van der Waals surface area contributed by atoms with E-state index in [1.807, 2.05) is 0 Å². The van der Waals surface area contributed by atoms with Crippen LogP contribution in [0.2, 0.25) is 5.02 Å². The van der Waals surface area contributed by atoms with Gasteiger partial charge in [-0.05, 0) is 101 Å². The Bertz CT molecular complexity index is 1630. The molecule has 10 nitrogen and oxygen atoms in total. The zero-order valence-electron chi connectivity index (χ0n) is 28.3. The van der Waals surface area contributed by atoms with Crippen molar-refractivity contribution >= 4 is 35.5 Å². The molecule has 0 bridgehead atoms. The number of halogens is 1. The maximum atomic E-state index is 14.3. The molecule has 1 unspecified atom stereocenters. The molecule has 3 aromatic rings. The summed E-state index contributed by atoms with van der Waals surface area (Å²) in [5.41, 5.74) is -1.20. The minimum atomic E-state index is -2.13. The Balaban J connectivity index is 1.53. The zero-order valence-corrected chi connectivity index (χ0v) is 29.0. The quantitative estimate of drug-likeness (QED) is 0.242. The number of benzene rings is 3. The molecule has 48 heavy (non-hydrogen) atoms. The summed E-state index contributed by atoms with van der Waals surface area (Å²) in [6.45, 7) is 11.2. The van der Waals surface area contributed by atoms with Crippen molar-refractivity contribution in [3.63, 3.8) is 0 Å². The number of nitrogens with zero attached hydrogens (tertiary/aromatic N) is 1. The van der Waals surface area contributed by atoms with Crippen LogP contribution in [0.25, 0.3) is 0 Å². The van der Waals surface area contributed by atoms with E-state index in [4.69, 9.17) is 21.1 Å². The first kappa shape index (κ1) is 36.4. The van der Waals surface area contributed by atoms with E-state index in [9.17, 15) is 24.3 Å². The van der Waals surface area contributed by atoms with Gasteiger partial charge in [-0.1, -0.05) is 60.1 Å². The van der Waals surface area contributed by atoms with Gasteiger partial charge in [0.25, 0.3) is 5.91 Å². The lowest BCUT2D eigenvalue weighted by molar-refractivity contribution is -0.152. The van der Waals surface area contributed by atoms with Crippen LogP contribution in [0.1, 0.15) is 87.0 Å². The average molecular weight is 678 g/mol. The van der Waals surface area contributed by atoms with Crippen molar-refractivity contribution in [1.82, 2.24) is 15.5 Å². The number of hydrogen-bond acceptors (Lipinski definition) is 7. The molecule has 4 rings (SSSR count). The highest BCUT2D eigenvalue weighted by Gasteiger charge is 2.47. The maximum absolute atomic E-state index is 14.3. The van der Waals surface area contributed by atoms with Crippen molar-refractivity contribution in [3.05, 3.63) is 106 Å². The van der Waals surface area contributed by atoms with Gasteiger partial charge >= 0.3 is 12.1 Å². The van der Waals surface area contributed by atoms with E-state index in [-0.39, 0.29) is 36.7 Å². The molecule has 3 aromatic carbocycles. The molecule has 1 aliphatic rings. The van der Waals surface area contributed by atoms with Gasteiger partial charge in [-0.25, -0.2) is 9.59 Å². The Hall–Kier alpha value is -4.41. The second-order valence-electron chi connectivity index (χ2n) is 13.8. The van der Waals surface area contributed by atoms with Crippen LogP contribution in [0.15, 0.2) is 72.8 Å². The monoisotopic (exact) mass is 677 g/mol. The Morgan fingerprint density at radius 3 is 2.04 bits per heavy atom. The van der Waals surface area contributed by atoms with Crippen molar-refractivity contribution in [3.8, 4) is 0 Å². The Labute approximate surface area is 286 Å². The molecule has 0 saturated carbocycles. The molecule has 0 radical (unpaired) electrons. The largest absolute Gasteiger partial charge is 0.456 e. The predicted molar refractivity (Wildman–Crippen MR) is 182 cm³/mol. The third-order valence-corrected chi connectivity index (χ3v) is 7.93. The first-order valence-corrected chi connectivity index (χ1v) is 16.3. The van der Waals surface area contributed by atoms with Crippen LogP contribution < -0.4 is 10.6 Å². The number of esters is 1. The summed E-state index contributed by atoms with van der Waals surface area (Å²) in [6, 6.07) is 18.9. The van der Waals surface area contributed by atoms with Gasteiger partial charge in [-0.3, -0.25) is 9.59 Å². The second kappa shape index (κ2) is 14.8.